The molecule has 1 N–H and O–H groups in total. The first-order valence-electron chi connectivity index (χ1n) is 7.86. The Labute approximate surface area is 144 Å². The second kappa shape index (κ2) is 6.97. The second-order valence-electron chi connectivity index (χ2n) is 6.59. The molecule has 3 rings (SSSR count). The molecule has 2 aliphatic rings. The Balaban J connectivity index is 0.00000192. The first-order valence-corrected chi connectivity index (χ1v) is 9.30. The molecule has 2 saturated heterocycles. The molecule has 0 bridgehead atoms. The Morgan fingerprint density at radius 1 is 1.22 bits per heavy atom. The van der Waals surface area contributed by atoms with Crippen molar-refractivity contribution < 1.29 is 13.2 Å². The van der Waals surface area contributed by atoms with Gasteiger partial charge in [0.25, 0.3) is 0 Å². The average molecular weight is 361 g/mol. The van der Waals surface area contributed by atoms with Crippen LogP contribution in [0.2, 0.25) is 0 Å². The van der Waals surface area contributed by atoms with E-state index in [0.29, 0.717) is 29.8 Å². The van der Waals surface area contributed by atoms with Crippen molar-refractivity contribution in [3.63, 3.8) is 0 Å². The molecular weight excluding hydrogens is 336 g/mol. The lowest BCUT2D eigenvalue weighted by molar-refractivity contribution is 0.240. The summed E-state index contributed by atoms with van der Waals surface area (Å²) in [5, 5.41) is 3.33. The molecule has 1 aromatic carbocycles. The van der Waals surface area contributed by atoms with Crippen LogP contribution in [-0.4, -0.2) is 45.0 Å². The topological polar surface area (TPSA) is 58.6 Å². The minimum atomic E-state index is -3.40. The number of benzene rings is 1. The van der Waals surface area contributed by atoms with Crippen LogP contribution in [0, 0.1) is 18.8 Å². The Bertz CT molecular complexity index is 651. The van der Waals surface area contributed by atoms with Gasteiger partial charge in [0.2, 0.25) is 10.0 Å². The molecule has 0 aliphatic carbocycles. The molecule has 23 heavy (non-hydrogen) atoms. The average Bonchev–Trinajstić information content (AvgIpc) is 3.01. The number of aryl methyl sites for hydroxylation is 1. The van der Waals surface area contributed by atoms with E-state index in [-0.39, 0.29) is 18.5 Å². The number of sulfonamides is 1. The first kappa shape index (κ1) is 18.5. The summed E-state index contributed by atoms with van der Waals surface area (Å²) in [6.07, 6.45) is 0.0756. The van der Waals surface area contributed by atoms with Crippen molar-refractivity contribution in [2.75, 3.05) is 26.2 Å². The van der Waals surface area contributed by atoms with Crippen LogP contribution in [0.5, 0.6) is 5.75 Å². The number of fused-ring (bicyclic) bond motifs is 1. The number of hydrogen-bond donors (Lipinski definition) is 1. The minimum Gasteiger partial charge on any atom is -0.491 e. The smallest absolute Gasteiger partial charge is 0.243 e. The third-order valence-electron chi connectivity index (χ3n) is 4.50. The largest absolute Gasteiger partial charge is 0.491 e. The summed E-state index contributed by atoms with van der Waals surface area (Å²) in [6.45, 7) is 8.92. The fourth-order valence-electron chi connectivity index (χ4n) is 3.33. The Morgan fingerprint density at radius 3 is 2.35 bits per heavy atom. The molecule has 0 saturated carbocycles. The maximum absolute atomic E-state index is 12.8. The Morgan fingerprint density at radius 2 is 1.83 bits per heavy atom. The highest BCUT2D eigenvalue weighted by molar-refractivity contribution is 7.89. The second-order valence-corrected chi connectivity index (χ2v) is 8.53. The molecule has 0 radical (unpaired) electrons. The predicted molar refractivity (Wildman–Crippen MR) is 92.8 cm³/mol. The van der Waals surface area contributed by atoms with Crippen LogP contribution in [-0.2, 0) is 10.0 Å². The van der Waals surface area contributed by atoms with E-state index in [2.05, 4.69) is 5.32 Å². The van der Waals surface area contributed by atoms with E-state index in [1.54, 1.807) is 22.5 Å². The summed E-state index contributed by atoms with van der Waals surface area (Å²) in [6, 6.07) is 5.15. The standard InChI is InChI=1S/C16H24N2O3S.ClH/c1-11(2)21-16-5-4-15(6-12(16)3)22(19,20)18-9-13-7-17-8-14(13)10-18;/h4-6,11,13-14,17H,7-10H2,1-3H3;1H/t13-,14+;. The van der Waals surface area contributed by atoms with Gasteiger partial charge in [-0.15, -0.1) is 12.4 Å². The Hall–Kier alpha value is -0.820. The van der Waals surface area contributed by atoms with Gasteiger partial charge in [-0.1, -0.05) is 0 Å². The summed E-state index contributed by atoms with van der Waals surface area (Å²) >= 11 is 0. The van der Waals surface area contributed by atoms with Gasteiger partial charge in [-0.3, -0.25) is 0 Å². The number of rotatable bonds is 4. The van der Waals surface area contributed by atoms with Gasteiger partial charge in [-0.05, 0) is 69.5 Å². The van der Waals surface area contributed by atoms with E-state index in [1.807, 2.05) is 20.8 Å². The van der Waals surface area contributed by atoms with E-state index >= 15 is 0 Å². The van der Waals surface area contributed by atoms with E-state index < -0.39 is 10.0 Å². The molecule has 7 heteroatoms. The molecule has 0 spiro atoms. The molecule has 2 aliphatic heterocycles. The summed E-state index contributed by atoms with van der Waals surface area (Å²) < 4.78 is 33.0. The molecule has 0 unspecified atom stereocenters. The molecular formula is C16H25ClN2O3S. The van der Waals surface area contributed by atoms with Crippen molar-refractivity contribution in [1.29, 1.82) is 0 Å². The lowest BCUT2D eigenvalue weighted by Crippen LogP contribution is -2.32. The summed E-state index contributed by atoms with van der Waals surface area (Å²) in [5.41, 5.74) is 0.857. The molecule has 5 nitrogen and oxygen atoms in total. The molecule has 2 atom stereocenters. The number of hydrogen-bond acceptors (Lipinski definition) is 4. The fourth-order valence-corrected chi connectivity index (χ4v) is 4.97. The van der Waals surface area contributed by atoms with Crippen LogP contribution in [0.15, 0.2) is 23.1 Å². The monoisotopic (exact) mass is 360 g/mol. The molecule has 130 valence electrons. The van der Waals surface area contributed by atoms with Crippen LogP contribution in [0.25, 0.3) is 0 Å². The molecule has 2 heterocycles. The number of nitrogens with zero attached hydrogens (tertiary/aromatic N) is 1. The SMILES string of the molecule is Cc1cc(S(=O)(=O)N2C[C@H]3CNC[C@H]3C2)ccc1OC(C)C.Cl. The number of nitrogens with one attached hydrogen (secondary N) is 1. The van der Waals surface area contributed by atoms with Crippen molar-refractivity contribution in [2.24, 2.45) is 11.8 Å². The highest BCUT2D eigenvalue weighted by Gasteiger charge is 2.41. The maximum atomic E-state index is 12.8. The van der Waals surface area contributed by atoms with Gasteiger partial charge in [-0.2, -0.15) is 4.31 Å². The van der Waals surface area contributed by atoms with Crippen LogP contribution in [0.1, 0.15) is 19.4 Å². The van der Waals surface area contributed by atoms with E-state index in [0.717, 1.165) is 24.4 Å². The van der Waals surface area contributed by atoms with Gasteiger partial charge in [0.1, 0.15) is 5.75 Å². The van der Waals surface area contributed by atoms with Gasteiger partial charge >= 0.3 is 0 Å². The van der Waals surface area contributed by atoms with Crippen molar-refractivity contribution in [2.45, 2.75) is 31.8 Å². The number of halogens is 1. The summed E-state index contributed by atoms with van der Waals surface area (Å²) in [5.74, 6) is 1.66. The van der Waals surface area contributed by atoms with Crippen LogP contribution < -0.4 is 10.1 Å². The number of ether oxygens (including phenoxy) is 1. The minimum absolute atomic E-state index is 0. The van der Waals surface area contributed by atoms with Gasteiger partial charge in [-0.25, -0.2) is 8.42 Å². The lowest BCUT2D eigenvalue weighted by Gasteiger charge is -2.19. The lowest BCUT2D eigenvalue weighted by atomic mass is 10.0. The zero-order chi connectivity index (χ0) is 15.9. The molecule has 1 aromatic rings. The van der Waals surface area contributed by atoms with Crippen LogP contribution in [0.3, 0.4) is 0 Å². The van der Waals surface area contributed by atoms with Gasteiger partial charge in [0.05, 0.1) is 11.0 Å². The van der Waals surface area contributed by atoms with Crippen molar-refractivity contribution in [1.82, 2.24) is 9.62 Å². The van der Waals surface area contributed by atoms with Gasteiger partial charge < -0.3 is 10.1 Å². The van der Waals surface area contributed by atoms with E-state index in [1.165, 1.54) is 0 Å². The van der Waals surface area contributed by atoms with E-state index in [9.17, 15) is 8.42 Å². The van der Waals surface area contributed by atoms with E-state index in [4.69, 9.17) is 4.74 Å². The molecule has 0 amide bonds. The van der Waals surface area contributed by atoms with Crippen molar-refractivity contribution in [3.8, 4) is 5.75 Å². The van der Waals surface area contributed by atoms with Gasteiger partial charge in [0, 0.05) is 13.1 Å². The van der Waals surface area contributed by atoms with Gasteiger partial charge in [0.15, 0.2) is 0 Å². The highest BCUT2D eigenvalue weighted by Crippen LogP contribution is 2.32. The third-order valence-corrected chi connectivity index (χ3v) is 6.33. The Kier molecular flexibility index (Phi) is 5.61. The van der Waals surface area contributed by atoms with Crippen LogP contribution in [0.4, 0.5) is 0 Å². The quantitative estimate of drug-likeness (QED) is 0.892. The van der Waals surface area contributed by atoms with Crippen molar-refractivity contribution >= 4 is 22.4 Å². The molecule has 0 aromatic heterocycles. The maximum Gasteiger partial charge on any atom is 0.243 e. The highest BCUT2D eigenvalue weighted by atomic mass is 35.5. The zero-order valence-corrected chi connectivity index (χ0v) is 15.4. The fraction of sp³-hybridized carbons (Fsp3) is 0.625. The predicted octanol–water partition coefficient (Wildman–Crippen LogP) is 2.04. The summed E-state index contributed by atoms with van der Waals surface area (Å²) in [4.78, 5) is 0.369. The summed E-state index contributed by atoms with van der Waals surface area (Å²) in [7, 11) is -3.40. The third kappa shape index (κ3) is 3.65. The van der Waals surface area contributed by atoms with Crippen molar-refractivity contribution in [3.05, 3.63) is 23.8 Å². The molecule has 2 fully saturated rings. The normalized spacial score (nSPS) is 24.5. The van der Waals surface area contributed by atoms with Crippen LogP contribution >= 0.6 is 12.4 Å². The zero-order valence-electron chi connectivity index (χ0n) is 13.8. The first-order chi connectivity index (χ1) is 10.4.